The molecule has 1 atom stereocenters. The summed E-state index contributed by atoms with van der Waals surface area (Å²) in [6.45, 7) is 2.29. The minimum atomic E-state index is -0.474. The van der Waals surface area contributed by atoms with Crippen LogP contribution in [0.25, 0.3) is 11.1 Å². The SMILES string of the molecule is CCCC(O)CNC(=O)CSc1nc2ccccc2o1. The highest BCUT2D eigenvalue weighted by atomic mass is 32.2. The van der Waals surface area contributed by atoms with Crippen LogP contribution in [0.15, 0.2) is 33.9 Å². The summed E-state index contributed by atoms with van der Waals surface area (Å²) < 4.78 is 5.51. The van der Waals surface area contributed by atoms with E-state index in [0.29, 0.717) is 23.8 Å². The molecular formula is C14H18N2O3S. The third-order valence-corrected chi connectivity index (χ3v) is 3.59. The number of thioether (sulfide) groups is 1. The van der Waals surface area contributed by atoms with Crippen molar-refractivity contribution >= 4 is 28.8 Å². The van der Waals surface area contributed by atoms with Crippen molar-refractivity contribution in [2.75, 3.05) is 12.3 Å². The quantitative estimate of drug-likeness (QED) is 0.766. The lowest BCUT2D eigenvalue weighted by Gasteiger charge is -2.09. The third-order valence-electron chi connectivity index (χ3n) is 2.76. The standard InChI is InChI=1S/C14H18N2O3S/c1-2-5-10(17)8-15-13(18)9-20-14-16-11-6-3-4-7-12(11)19-14/h3-4,6-7,10,17H,2,5,8-9H2,1H3,(H,15,18). The number of hydrogen-bond acceptors (Lipinski definition) is 5. The average Bonchev–Trinajstić information content (AvgIpc) is 2.86. The molecule has 0 saturated carbocycles. The second-order valence-corrected chi connectivity index (χ2v) is 5.41. The Morgan fingerprint density at radius 1 is 1.50 bits per heavy atom. The van der Waals surface area contributed by atoms with Crippen molar-refractivity contribution < 1.29 is 14.3 Å². The fourth-order valence-corrected chi connectivity index (χ4v) is 2.43. The zero-order valence-electron chi connectivity index (χ0n) is 11.3. The summed E-state index contributed by atoms with van der Waals surface area (Å²) in [5, 5.41) is 12.7. The van der Waals surface area contributed by atoms with Gasteiger partial charge in [0, 0.05) is 6.54 Å². The van der Waals surface area contributed by atoms with Gasteiger partial charge in [0.05, 0.1) is 11.9 Å². The van der Waals surface area contributed by atoms with Crippen LogP contribution >= 0.6 is 11.8 Å². The number of nitrogens with zero attached hydrogens (tertiary/aromatic N) is 1. The fraction of sp³-hybridized carbons (Fsp3) is 0.429. The molecule has 1 unspecified atom stereocenters. The summed E-state index contributed by atoms with van der Waals surface area (Å²) in [6, 6.07) is 7.47. The van der Waals surface area contributed by atoms with Crippen LogP contribution in [0.1, 0.15) is 19.8 Å². The molecule has 0 aliphatic rings. The molecule has 0 bridgehead atoms. The number of fused-ring (bicyclic) bond motifs is 1. The molecule has 108 valence electrons. The molecule has 0 saturated heterocycles. The smallest absolute Gasteiger partial charge is 0.257 e. The van der Waals surface area contributed by atoms with Crippen LogP contribution in [0.2, 0.25) is 0 Å². The molecule has 1 aromatic heterocycles. The second kappa shape index (κ2) is 7.31. The molecular weight excluding hydrogens is 276 g/mol. The molecule has 2 rings (SSSR count). The number of amides is 1. The van der Waals surface area contributed by atoms with E-state index in [2.05, 4.69) is 10.3 Å². The summed E-state index contributed by atoms with van der Waals surface area (Å²) >= 11 is 1.25. The molecule has 20 heavy (non-hydrogen) atoms. The summed E-state index contributed by atoms with van der Waals surface area (Å²) in [7, 11) is 0. The van der Waals surface area contributed by atoms with Crippen molar-refractivity contribution in [2.45, 2.75) is 31.1 Å². The topological polar surface area (TPSA) is 75.4 Å². The van der Waals surface area contributed by atoms with Gasteiger partial charge in [-0.25, -0.2) is 4.98 Å². The number of nitrogens with one attached hydrogen (secondary N) is 1. The molecule has 0 aliphatic heterocycles. The minimum absolute atomic E-state index is 0.132. The first-order chi connectivity index (χ1) is 9.69. The van der Waals surface area contributed by atoms with E-state index in [1.165, 1.54) is 11.8 Å². The van der Waals surface area contributed by atoms with Crippen LogP contribution in [0.3, 0.4) is 0 Å². The lowest BCUT2D eigenvalue weighted by molar-refractivity contribution is -0.119. The first-order valence-corrected chi connectivity index (χ1v) is 7.60. The molecule has 5 nitrogen and oxygen atoms in total. The highest BCUT2D eigenvalue weighted by Gasteiger charge is 2.10. The lowest BCUT2D eigenvalue weighted by atomic mass is 10.2. The summed E-state index contributed by atoms with van der Waals surface area (Å²) in [6.07, 6.45) is 1.12. The number of benzene rings is 1. The summed E-state index contributed by atoms with van der Waals surface area (Å²) in [4.78, 5) is 15.9. The number of carbonyl (C=O) groups is 1. The minimum Gasteiger partial charge on any atom is -0.431 e. The van der Waals surface area contributed by atoms with Gasteiger partial charge in [0.15, 0.2) is 5.58 Å². The number of rotatable bonds is 7. The number of hydrogen-bond donors (Lipinski definition) is 2. The van der Waals surface area contributed by atoms with Crippen molar-refractivity contribution in [1.82, 2.24) is 10.3 Å². The zero-order valence-corrected chi connectivity index (χ0v) is 12.2. The number of aliphatic hydroxyl groups excluding tert-OH is 1. The largest absolute Gasteiger partial charge is 0.431 e. The van der Waals surface area contributed by atoms with E-state index in [1.807, 2.05) is 31.2 Å². The van der Waals surface area contributed by atoms with Gasteiger partial charge in [0.25, 0.3) is 5.22 Å². The average molecular weight is 294 g/mol. The third kappa shape index (κ3) is 4.25. The van der Waals surface area contributed by atoms with Crippen molar-refractivity contribution in [3.8, 4) is 0 Å². The predicted molar refractivity (Wildman–Crippen MR) is 78.7 cm³/mol. The van der Waals surface area contributed by atoms with E-state index in [1.54, 1.807) is 0 Å². The molecule has 1 heterocycles. The van der Waals surface area contributed by atoms with Gasteiger partial charge in [-0.15, -0.1) is 0 Å². The Bertz CT molecular complexity index is 537. The van der Waals surface area contributed by atoms with E-state index in [4.69, 9.17) is 4.42 Å². The maximum atomic E-state index is 11.6. The highest BCUT2D eigenvalue weighted by Crippen LogP contribution is 2.22. The van der Waals surface area contributed by atoms with Crippen molar-refractivity contribution in [3.05, 3.63) is 24.3 Å². The first-order valence-electron chi connectivity index (χ1n) is 6.62. The van der Waals surface area contributed by atoms with Crippen LogP contribution in [0.5, 0.6) is 0 Å². The molecule has 6 heteroatoms. The maximum absolute atomic E-state index is 11.6. The first kappa shape index (κ1) is 14.9. The van der Waals surface area contributed by atoms with Gasteiger partial charge in [-0.1, -0.05) is 37.2 Å². The molecule has 2 N–H and O–H groups in total. The molecule has 0 spiro atoms. The summed E-state index contributed by atoms with van der Waals surface area (Å²) in [5.74, 6) is 0.0958. The second-order valence-electron chi connectivity index (χ2n) is 4.48. The molecule has 2 aromatic rings. The van der Waals surface area contributed by atoms with E-state index in [9.17, 15) is 9.90 Å². The Kier molecular flexibility index (Phi) is 5.43. The van der Waals surface area contributed by atoms with E-state index >= 15 is 0 Å². The van der Waals surface area contributed by atoms with Crippen LogP contribution in [-0.4, -0.2) is 34.4 Å². The maximum Gasteiger partial charge on any atom is 0.257 e. The monoisotopic (exact) mass is 294 g/mol. The Balaban J connectivity index is 1.78. The van der Waals surface area contributed by atoms with Gasteiger partial charge in [0.1, 0.15) is 5.52 Å². The Morgan fingerprint density at radius 3 is 3.05 bits per heavy atom. The molecule has 0 fully saturated rings. The van der Waals surface area contributed by atoms with E-state index < -0.39 is 6.10 Å². The van der Waals surface area contributed by atoms with Gasteiger partial charge < -0.3 is 14.8 Å². The van der Waals surface area contributed by atoms with Gasteiger partial charge in [-0.2, -0.15) is 0 Å². The number of para-hydroxylation sites is 2. The van der Waals surface area contributed by atoms with Crippen molar-refractivity contribution in [3.63, 3.8) is 0 Å². The van der Waals surface area contributed by atoms with Crippen LogP contribution in [-0.2, 0) is 4.79 Å². The summed E-state index contributed by atoms with van der Waals surface area (Å²) in [5.41, 5.74) is 1.50. The van der Waals surface area contributed by atoms with Gasteiger partial charge in [-0.3, -0.25) is 4.79 Å². The number of carbonyl (C=O) groups excluding carboxylic acids is 1. The van der Waals surface area contributed by atoms with E-state index in [0.717, 1.165) is 11.9 Å². The van der Waals surface area contributed by atoms with Gasteiger partial charge in [-0.05, 0) is 18.6 Å². The molecule has 0 aliphatic carbocycles. The molecule has 0 radical (unpaired) electrons. The molecule has 1 aromatic carbocycles. The van der Waals surface area contributed by atoms with E-state index in [-0.39, 0.29) is 11.7 Å². The number of aromatic nitrogens is 1. The van der Waals surface area contributed by atoms with Gasteiger partial charge >= 0.3 is 0 Å². The van der Waals surface area contributed by atoms with Crippen molar-refractivity contribution in [2.24, 2.45) is 0 Å². The van der Waals surface area contributed by atoms with Gasteiger partial charge in [0.2, 0.25) is 5.91 Å². The Labute approximate surface area is 121 Å². The normalized spacial score (nSPS) is 12.5. The predicted octanol–water partition coefficient (Wildman–Crippen LogP) is 2.20. The lowest BCUT2D eigenvalue weighted by Crippen LogP contribution is -2.33. The number of oxazole rings is 1. The van der Waals surface area contributed by atoms with Crippen LogP contribution < -0.4 is 5.32 Å². The van der Waals surface area contributed by atoms with Crippen molar-refractivity contribution in [1.29, 1.82) is 0 Å². The highest BCUT2D eigenvalue weighted by molar-refractivity contribution is 7.99. The Morgan fingerprint density at radius 2 is 2.30 bits per heavy atom. The van der Waals surface area contributed by atoms with Crippen LogP contribution in [0.4, 0.5) is 0 Å². The Hall–Kier alpha value is -1.53. The fourth-order valence-electron chi connectivity index (χ4n) is 1.76. The van der Waals surface area contributed by atoms with Crippen LogP contribution in [0, 0.1) is 0 Å². The number of aliphatic hydroxyl groups is 1. The molecule has 1 amide bonds. The zero-order chi connectivity index (χ0) is 14.4.